The lowest BCUT2D eigenvalue weighted by Gasteiger charge is -2.21. The number of pyridine rings is 1. The predicted octanol–water partition coefficient (Wildman–Crippen LogP) is 2.51. The number of nitrogens with zero attached hydrogens (tertiary/aromatic N) is 2. The second-order valence-corrected chi connectivity index (χ2v) is 4.69. The molecule has 3 heteroatoms. The third-order valence-corrected chi connectivity index (χ3v) is 3.45. The van der Waals surface area contributed by atoms with E-state index in [2.05, 4.69) is 48.6 Å². The molecular weight excluding hydrogens is 216 g/mol. The second-order valence-electron chi connectivity index (χ2n) is 4.32. The molecule has 90 valence electrons. The van der Waals surface area contributed by atoms with Gasteiger partial charge in [0.05, 0.1) is 0 Å². The van der Waals surface area contributed by atoms with Gasteiger partial charge in [-0.15, -0.1) is 0 Å². The Hall–Kier alpha value is -0.540. The monoisotopic (exact) mass is 238 g/mol. The first-order valence-corrected chi connectivity index (χ1v) is 6.57. The van der Waals surface area contributed by atoms with Crippen LogP contribution in [0.2, 0.25) is 0 Å². The summed E-state index contributed by atoms with van der Waals surface area (Å²) in [5.41, 5.74) is 1.36. The molecule has 0 aliphatic heterocycles. The predicted molar refractivity (Wildman–Crippen MR) is 73.1 cm³/mol. The van der Waals surface area contributed by atoms with E-state index >= 15 is 0 Å². The smallest absolute Gasteiger partial charge is 0.0270 e. The number of likely N-dealkylation sites (N-methyl/N-ethyl adjacent to an activating group) is 1. The maximum atomic E-state index is 4.37. The standard InChI is InChI=1S/C13H22N2S/c1-3-12(11-16)10-15(2)9-6-13-4-7-14-8-5-13/h4-5,7-8,12,16H,3,6,9-11H2,1-2H3. The van der Waals surface area contributed by atoms with Crippen molar-refractivity contribution >= 4 is 12.6 Å². The molecule has 0 aliphatic carbocycles. The lowest BCUT2D eigenvalue weighted by Crippen LogP contribution is -2.28. The fraction of sp³-hybridized carbons (Fsp3) is 0.615. The third kappa shape index (κ3) is 4.99. The van der Waals surface area contributed by atoms with Gasteiger partial charge in [-0.25, -0.2) is 0 Å². The highest BCUT2D eigenvalue weighted by molar-refractivity contribution is 7.80. The highest BCUT2D eigenvalue weighted by atomic mass is 32.1. The zero-order valence-electron chi connectivity index (χ0n) is 10.3. The van der Waals surface area contributed by atoms with E-state index in [0.29, 0.717) is 5.92 Å². The van der Waals surface area contributed by atoms with Crippen molar-refractivity contribution in [3.8, 4) is 0 Å². The Labute approximate surface area is 104 Å². The van der Waals surface area contributed by atoms with Gasteiger partial charge in [-0.3, -0.25) is 4.98 Å². The van der Waals surface area contributed by atoms with Crippen LogP contribution in [-0.2, 0) is 6.42 Å². The fourth-order valence-corrected chi connectivity index (χ4v) is 2.09. The van der Waals surface area contributed by atoms with E-state index in [4.69, 9.17) is 0 Å². The minimum absolute atomic E-state index is 0.714. The number of hydrogen-bond acceptors (Lipinski definition) is 3. The van der Waals surface area contributed by atoms with Crippen molar-refractivity contribution in [2.24, 2.45) is 5.92 Å². The molecule has 0 aliphatic rings. The van der Waals surface area contributed by atoms with Gasteiger partial charge >= 0.3 is 0 Å². The molecule has 0 aromatic carbocycles. The Morgan fingerprint density at radius 3 is 2.62 bits per heavy atom. The van der Waals surface area contributed by atoms with Gasteiger partial charge in [0.1, 0.15) is 0 Å². The number of rotatable bonds is 7. The molecular formula is C13H22N2S. The summed E-state index contributed by atoms with van der Waals surface area (Å²) in [6.07, 6.45) is 6.03. The van der Waals surface area contributed by atoms with Crippen LogP contribution in [0, 0.1) is 5.92 Å². The van der Waals surface area contributed by atoms with Crippen LogP contribution in [0.5, 0.6) is 0 Å². The first kappa shape index (κ1) is 13.5. The third-order valence-electron chi connectivity index (χ3n) is 2.94. The van der Waals surface area contributed by atoms with Gasteiger partial charge in [-0.1, -0.05) is 13.3 Å². The van der Waals surface area contributed by atoms with Crippen molar-refractivity contribution in [1.29, 1.82) is 0 Å². The number of aromatic nitrogens is 1. The molecule has 2 nitrogen and oxygen atoms in total. The van der Waals surface area contributed by atoms with Crippen LogP contribution in [0.1, 0.15) is 18.9 Å². The van der Waals surface area contributed by atoms with E-state index in [9.17, 15) is 0 Å². The van der Waals surface area contributed by atoms with Crippen molar-refractivity contribution < 1.29 is 0 Å². The molecule has 1 unspecified atom stereocenters. The van der Waals surface area contributed by atoms with Crippen LogP contribution >= 0.6 is 12.6 Å². The van der Waals surface area contributed by atoms with Gasteiger partial charge < -0.3 is 4.90 Å². The molecule has 1 rings (SSSR count). The van der Waals surface area contributed by atoms with E-state index in [-0.39, 0.29) is 0 Å². The molecule has 1 heterocycles. The van der Waals surface area contributed by atoms with Gasteiger partial charge in [-0.05, 0) is 42.8 Å². The maximum Gasteiger partial charge on any atom is 0.0270 e. The summed E-state index contributed by atoms with van der Waals surface area (Å²) in [6.45, 7) is 4.48. The van der Waals surface area contributed by atoms with Crippen LogP contribution in [0.3, 0.4) is 0 Å². The average Bonchev–Trinajstić information content (AvgIpc) is 2.34. The number of thiol groups is 1. The first-order chi connectivity index (χ1) is 7.76. The summed E-state index contributed by atoms with van der Waals surface area (Å²) in [6, 6.07) is 4.17. The minimum Gasteiger partial charge on any atom is -0.306 e. The van der Waals surface area contributed by atoms with Gasteiger partial charge in [-0.2, -0.15) is 12.6 Å². The summed E-state index contributed by atoms with van der Waals surface area (Å²) in [5, 5.41) is 0. The molecule has 16 heavy (non-hydrogen) atoms. The summed E-state index contributed by atoms with van der Waals surface area (Å²) in [7, 11) is 2.19. The Balaban J connectivity index is 2.27. The largest absolute Gasteiger partial charge is 0.306 e. The van der Waals surface area contributed by atoms with Gasteiger partial charge in [0.15, 0.2) is 0 Å². The molecule has 0 saturated carbocycles. The Kier molecular flexibility index (Phi) is 6.50. The van der Waals surface area contributed by atoms with E-state index in [1.807, 2.05) is 12.4 Å². The number of hydrogen-bond donors (Lipinski definition) is 1. The molecule has 0 saturated heterocycles. The van der Waals surface area contributed by atoms with E-state index in [0.717, 1.165) is 25.3 Å². The zero-order valence-corrected chi connectivity index (χ0v) is 11.2. The summed E-state index contributed by atoms with van der Waals surface area (Å²) in [5.74, 6) is 1.70. The van der Waals surface area contributed by atoms with E-state index < -0.39 is 0 Å². The van der Waals surface area contributed by atoms with Gasteiger partial charge in [0, 0.05) is 25.5 Å². The van der Waals surface area contributed by atoms with Crippen LogP contribution in [0.4, 0.5) is 0 Å². The zero-order chi connectivity index (χ0) is 11.8. The van der Waals surface area contributed by atoms with Crippen molar-refractivity contribution in [2.45, 2.75) is 19.8 Å². The maximum absolute atomic E-state index is 4.37. The lowest BCUT2D eigenvalue weighted by atomic mass is 10.1. The SMILES string of the molecule is CCC(CS)CN(C)CCc1ccncc1. The van der Waals surface area contributed by atoms with Crippen LogP contribution in [0.15, 0.2) is 24.5 Å². The molecule has 1 atom stereocenters. The molecule has 1 aromatic heterocycles. The topological polar surface area (TPSA) is 16.1 Å². The normalized spacial score (nSPS) is 13.0. The molecule has 0 fully saturated rings. The summed E-state index contributed by atoms with van der Waals surface area (Å²) >= 11 is 4.37. The van der Waals surface area contributed by atoms with E-state index in [1.165, 1.54) is 12.0 Å². The van der Waals surface area contributed by atoms with E-state index in [1.54, 1.807) is 0 Å². The summed E-state index contributed by atoms with van der Waals surface area (Å²) in [4.78, 5) is 6.42. The van der Waals surface area contributed by atoms with Crippen molar-refractivity contribution in [2.75, 3.05) is 25.9 Å². The Morgan fingerprint density at radius 1 is 1.38 bits per heavy atom. The van der Waals surface area contributed by atoms with Crippen molar-refractivity contribution in [1.82, 2.24) is 9.88 Å². The van der Waals surface area contributed by atoms with Crippen LogP contribution in [0.25, 0.3) is 0 Å². The quantitative estimate of drug-likeness (QED) is 0.735. The highest BCUT2D eigenvalue weighted by Crippen LogP contribution is 2.07. The van der Waals surface area contributed by atoms with Crippen molar-refractivity contribution in [3.05, 3.63) is 30.1 Å². The van der Waals surface area contributed by atoms with Gasteiger partial charge in [0.25, 0.3) is 0 Å². The molecule has 0 amide bonds. The lowest BCUT2D eigenvalue weighted by molar-refractivity contribution is 0.288. The Morgan fingerprint density at radius 2 is 2.06 bits per heavy atom. The van der Waals surface area contributed by atoms with Crippen molar-refractivity contribution in [3.63, 3.8) is 0 Å². The molecule has 0 radical (unpaired) electrons. The van der Waals surface area contributed by atoms with Crippen LogP contribution < -0.4 is 0 Å². The van der Waals surface area contributed by atoms with Gasteiger partial charge in [0.2, 0.25) is 0 Å². The highest BCUT2D eigenvalue weighted by Gasteiger charge is 2.07. The average molecular weight is 238 g/mol. The first-order valence-electron chi connectivity index (χ1n) is 5.94. The fourth-order valence-electron chi connectivity index (χ4n) is 1.72. The molecule has 0 spiro atoms. The molecule has 0 bridgehead atoms. The summed E-state index contributed by atoms with van der Waals surface area (Å²) < 4.78 is 0. The van der Waals surface area contributed by atoms with Crippen LogP contribution in [-0.4, -0.2) is 35.8 Å². The minimum atomic E-state index is 0.714. The molecule has 0 N–H and O–H groups in total. The Bertz CT molecular complexity index is 273. The molecule has 1 aromatic rings. The second kappa shape index (κ2) is 7.69.